The zero-order valence-electron chi connectivity index (χ0n) is 17.9. The van der Waals surface area contributed by atoms with E-state index in [1.807, 2.05) is 55.4 Å². The molecule has 0 radical (unpaired) electrons. The van der Waals surface area contributed by atoms with E-state index in [4.69, 9.17) is 4.74 Å². The predicted octanol–water partition coefficient (Wildman–Crippen LogP) is 3.19. The molecule has 2 amide bonds. The van der Waals surface area contributed by atoms with E-state index in [2.05, 4.69) is 24.5 Å². The van der Waals surface area contributed by atoms with E-state index >= 15 is 0 Å². The topological polar surface area (TPSA) is 70.7 Å². The lowest BCUT2D eigenvalue weighted by molar-refractivity contribution is -0.127. The van der Waals surface area contributed by atoms with E-state index < -0.39 is 6.10 Å². The Morgan fingerprint density at radius 3 is 2.03 bits per heavy atom. The van der Waals surface area contributed by atoms with E-state index in [0.29, 0.717) is 30.3 Å². The van der Waals surface area contributed by atoms with Gasteiger partial charge in [0.05, 0.1) is 0 Å². The Morgan fingerprint density at radius 1 is 0.897 bits per heavy atom. The van der Waals surface area contributed by atoms with Crippen molar-refractivity contribution in [1.29, 1.82) is 0 Å². The fourth-order valence-electron chi connectivity index (χ4n) is 2.71. The molecular formula is C23H31N3O3. The first kappa shape index (κ1) is 22.3. The molecule has 6 nitrogen and oxygen atoms in total. The van der Waals surface area contributed by atoms with Crippen LogP contribution < -0.4 is 20.3 Å². The van der Waals surface area contributed by atoms with Crippen LogP contribution in [0.1, 0.15) is 42.6 Å². The van der Waals surface area contributed by atoms with Gasteiger partial charge >= 0.3 is 0 Å². The maximum absolute atomic E-state index is 12.2. The molecule has 0 aromatic heterocycles. The minimum absolute atomic E-state index is 0.168. The maximum atomic E-state index is 12.2. The number of ether oxygens (including phenoxy) is 1. The van der Waals surface area contributed by atoms with E-state index in [-0.39, 0.29) is 11.8 Å². The van der Waals surface area contributed by atoms with Crippen LogP contribution in [0, 0.1) is 0 Å². The number of anilines is 1. The summed E-state index contributed by atoms with van der Waals surface area (Å²) in [5.41, 5.74) is 2.84. The van der Waals surface area contributed by atoms with Crippen molar-refractivity contribution in [1.82, 2.24) is 10.6 Å². The van der Waals surface area contributed by atoms with E-state index in [9.17, 15) is 9.59 Å². The lowest BCUT2D eigenvalue weighted by atomic mass is 10.0. The first-order valence-electron chi connectivity index (χ1n) is 9.88. The number of carbonyl (C=O) groups excluding carboxylic acids is 2. The van der Waals surface area contributed by atoms with Crippen LogP contribution in [0.25, 0.3) is 0 Å². The Hall–Kier alpha value is -3.02. The van der Waals surface area contributed by atoms with Crippen molar-refractivity contribution in [3.8, 4) is 5.75 Å². The largest absolute Gasteiger partial charge is 0.481 e. The van der Waals surface area contributed by atoms with Crippen molar-refractivity contribution in [2.24, 2.45) is 0 Å². The van der Waals surface area contributed by atoms with E-state index in [1.54, 1.807) is 19.1 Å². The summed E-state index contributed by atoms with van der Waals surface area (Å²) in [7, 11) is 3.90. The number of nitrogens with one attached hydrogen (secondary N) is 2. The third kappa shape index (κ3) is 6.82. The molecule has 6 heteroatoms. The fourth-order valence-corrected chi connectivity index (χ4v) is 2.71. The lowest BCUT2D eigenvalue weighted by Gasteiger charge is -2.16. The van der Waals surface area contributed by atoms with Gasteiger partial charge in [-0.05, 0) is 54.8 Å². The molecule has 0 heterocycles. The second-order valence-electron chi connectivity index (χ2n) is 7.47. The minimum Gasteiger partial charge on any atom is -0.481 e. The van der Waals surface area contributed by atoms with Crippen molar-refractivity contribution in [3.63, 3.8) is 0 Å². The van der Waals surface area contributed by atoms with Gasteiger partial charge in [0.25, 0.3) is 11.8 Å². The molecule has 1 unspecified atom stereocenters. The van der Waals surface area contributed by atoms with Crippen molar-refractivity contribution >= 4 is 17.5 Å². The van der Waals surface area contributed by atoms with Crippen LogP contribution in [0.2, 0.25) is 0 Å². The first-order valence-corrected chi connectivity index (χ1v) is 9.88. The Bertz CT molecular complexity index is 799. The van der Waals surface area contributed by atoms with Gasteiger partial charge in [0, 0.05) is 38.4 Å². The summed E-state index contributed by atoms with van der Waals surface area (Å²) in [5.74, 6) is 0.721. The normalized spacial score (nSPS) is 11.7. The highest BCUT2D eigenvalue weighted by Gasteiger charge is 2.14. The molecule has 0 aliphatic carbocycles. The number of amides is 2. The summed E-state index contributed by atoms with van der Waals surface area (Å²) in [6.07, 6.45) is -0.617. The van der Waals surface area contributed by atoms with Crippen LogP contribution in [-0.2, 0) is 4.79 Å². The summed E-state index contributed by atoms with van der Waals surface area (Å²) >= 11 is 0. The van der Waals surface area contributed by atoms with Crippen LogP contribution in [0.15, 0.2) is 48.5 Å². The molecule has 0 bridgehead atoms. The number of benzene rings is 2. The van der Waals surface area contributed by atoms with Crippen molar-refractivity contribution < 1.29 is 14.3 Å². The zero-order chi connectivity index (χ0) is 21.4. The number of hydrogen-bond donors (Lipinski definition) is 2. The van der Waals surface area contributed by atoms with Gasteiger partial charge in [-0.2, -0.15) is 0 Å². The summed E-state index contributed by atoms with van der Waals surface area (Å²) in [5, 5.41) is 5.58. The Kier molecular flexibility index (Phi) is 8.07. The average Bonchev–Trinajstić information content (AvgIpc) is 2.71. The molecule has 2 aromatic rings. The van der Waals surface area contributed by atoms with E-state index in [0.717, 1.165) is 5.69 Å². The van der Waals surface area contributed by atoms with E-state index in [1.165, 1.54) is 5.56 Å². The summed E-state index contributed by atoms with van der Waals surface area (Å²) in [6, 6.07) is 15.1. The molecule has 0 saturated heterocycles. The molecule has 0 fully saturated rings. The SMILES string of the molecule is CC(Oc1ccc(C(C)C)cc1)C(=O)NCCNC(=O)c1ccc(N(C)C)cc1. The minimum atomic E-state index is -0.617. The van der Waals surface area contributed by atoms with Gasteiger partial charge < -0.3 is 20.3 Å². The van der Waals surface area contributed by atoms with Crippen molar-refractivity contribution in [2.75, 3.05) is 32.1 Å². The van der Waals surface area contributed by atoms with Crippen LogP contribution in [0.4, 0.5) is 5.69 Å². The second kappa shape index (κ2) is 10.5. The van der Waals surface area contributed by atoms with Crippen LogP contribution in [-0.4, -0.2) is 45.1 Å². The van der Waals surface area contributed by atoms with Gasteiger partial charge in [-0.15, -0.1) is 0 Å². The highest BCUT2D eigenvalue weighted by Crippen LogP contribution is 2.19. The average molecular weight is 398 g/mol. The van der Waals surface area contributed by atoms with Gasteiger partial charge in [0.15, 0.2) is 6.10 Å². The fraction of sp³-hybridized carbons (Fsp3) is 0.391. The molecule has 2 rings (SSSR count). The second-order valence-corrected chi connectivity index (χ2v) is 7.47. The summed E-state index contributed by atoms with van der Waals surface area (Å²) in [4.78, 5) is 26.3. The molecule has 0 aliphatic rings. The van der Waals surface area contributed by atoms with Gasteiger partial charge in [-0.1, -0.05) is 26.0 Å². The van der Waals surface area contributed by atoms with Gasteiger partial charge in [-0.25, -0.2) is 0 Å². The van der Waals surface area contributed by atoms with Crippen LogP contribution >= 0.6 is 0 Å². The quantitative estimate of drug-likeness (QED) is 0.638. The maximum Gasteiger partial charge on any atom is 0.260 e. The smallest absolute Gasteiger partial charge is 0.260 e. The molecule has 2 aromatic carbocycles. The summed E-state index contributed by atoms with van der Waals surface area (Å²) in [6.45, 7) is 6.64. The number of nitrogens with zero attached hydrogens (tertiary/aromatic N) is 1. The highest BCUT2D eigenvalue weighted by molar-refractivity contribution is 5.94. The van der Waals surface area contributed by atoms with Crippen LogP contribution in [0.3, 0.4) is 0 Å². The van der Waals surface area contributed by atoms with Crippen molar-refractivity contribution in [3.05, 3.63) is 59.7 Å². The zero-order valence-corrected chi connectivity index (χ0v) is 17.9. The predicted molar refractivity (Wildman–Crippen MR) is 117 cm³/mol. The Labute approximate surface area is 173 Å². The lowest BCUT2D eigenvalue weighted by Crippen LogP contribution is -2.40. The number of carbonyl (C=O) groups is 2. The van der Waals surface area contributed by atoms with Crippen molar-refractivity contribution in [2.45, 2.75) is 32.8 Å². The molecular weight excluding hydrogens is 366 g/mol. The highest BCUT2D eigenvalue weighted by atomic mass is 16.5. The Morgan fingerprint density at radius 2 is 1.48 bits per heavy atom. The Balaban J connectivity index is 1.72. The van der Waals surface area contributed by atoms with Gasteiger partial charge in [0.1, 0.15) is 5.75 Å². The standard InChI is InChI=1S/C23H31N3O3/c1-16(2)18-8-12-21(13-9-18)29-17(3)22(27)24-14-15-25-23(28)19-6-10-20(11-7-19)26(4)5/h6-13,16-17H,14-15H2,1-5H3,(H,24,27)(H,25,28). The number of hydrogen-bond acceptors (Lipinski definition) is 4. The molecule has 1 atom stereocenters. The molecule has 0 aliphatic heterocycles. The summed E-state index contributed by atoms with van der Waals surface area (Å²) < 4.78 is 5.69. The third-order valence-electron chi connectivity index (χ3n) is 4.58. The third-order valence-corrected chi connectivity index (χ3v) is 4.58. The molecule has 156 valence electrons. The van der Waals surface area contributed by atoms with Crippen LogP contribution in [0.5, 0.6) is 5.75 Å². The van der Waals surface area contributed by atoms with Gasteiger partial charge in [0.2, 0.25) is 0 Å². The molecule has 2 N–H and O–H groups in total. The van der Waals surface area contributed by atoms with Gasteiger partial charge in [-0.3, -0.25) is 9.59 Å². The number of rotatable bonds is 9. The first-order chi connectivity index (χ1) is 13.8. The molecule has 0 saturated carbocycles. The molecule has 29 heavy (non-hydrogen) atoms. The molecule has 0 spiro atoms. The monoisotopic (exact) mass is 397 g/mol.